The average Bonchev–Trinajstić information content (AvgIpc) is 2.87. The van der Waals surface area contributed by atoms with Crippen molar-refractivity contribution in [2.45, 2.75) is 19.3 Å². The highest BCUT2D eigenvalue weighted by Gasteiger charge is 2.13. The largest absolute Gasteiger partial charge is 0.354 e. The number of aryl methyl sites for hydroxylation is 1. The van der Waals surface area contributed by atoms with Gasteiger partial charge in [-0.2, -0.15) is 0 Å². The number of pyridine rings is 1. The van der Waals surface area contributed by atoms with Gasteiger partial charge >= 0.3 is 0 Å². The van der Waals surface area contributed by atoms with E-state index in [-0.39, 0.29) is 5.82 Å². The van der Waals surface area contributed by atoms with Gasteiger partial charge in [-0.15, -0.1) is 0 Å². The van der Waals surface area contributed by atoms with Crippen LogP contribution in [0.15, 0.2) is 42.7 Å². The topological polar surface area (TPSA) is 54.7 Å². The number of rotatable bonds is 5. The Labute approximate surface area is 123 Å². The molecule has 0 unspecified atom stereocenters. The first kappa shape index (κ1) is 13.8. The molecule has 0 aliphatic heterocycles. The van der Waals surface area contributed by atoms with Crippen molar-refractivity contribution in [2.24, 2.45) is 5.73 Å². The van der Waals surface area contributed by atoms with Crippen molar-refractivity contribution in [3.05, 3.63) is 54.1 Å². The zero-order chi connectivity index (χ0) is 14.7. The number of hydrogen-bond donors (Lipinski definition) is 2. The highest BCUT2D eigenvalue weighted by Crippen LogP contribution is 2.31. The molecule has 108 valence electrons. The second kappa shape index (κ2) is 6.06. The van der Waals surface area contributed by atoms with Crippen molar-refractivity contribution in [1.82, 2.24) is 9.97 Å². The van der Waals surface area contributed by atoms with Crippen molar-refractivity contribution in [1.29, 1.82) is 0 Å². The van der Waals surface area contributed by atoms with Crippen molar-refractivity contribution >= 4 is 10.9 Å². The van der Waals surface area contributed by atoms with E-state index in [4.69, 9.17) is 5.73 Å². The number of fused-ring (bicyclic) bond motifs is 1. The number of hydrogen-bond acceptors (Lipinski definition) is 2. The molecule has 0 spiro atoms. The molecule has 1 aromatic carbocycles. The molecule has 0 radical (unpaired) electrons. The third-order valence-electron chi connectivity index (χ3n) is 3.72. The highest BCUT2D eigenvalue weighted by atomic mass is 19.1. The molecule has 0 amide bonds. The number of benzene rings is 1. The highest BCUT2D eigenvalue weighted by molar-refractivity contribution is 5.90. The summed E-state index contributed by atoms with van der Waals surface area (Å²) in [5.41, 5.74) is 9.82. The van der Waals surface area contributed by atoms with Crippen molar-refractivity contribution in [2.75, 3.05) is 6.54 Å². The maximum Gasteiger partial charge on any atom is 0.123 e. The van der Waals surface area contributed by atoms with Crippen LogP contribution in [0.1, 0.15) is 18.4 Å². The van der Waals surface area contributed by atoms with Gasteiger partial charge in [0.25, 0.3) is 0 Å². The van der Waals surface area contributed by atoms with Crippen LogP contribution < -0.4 is 5.73 Å². The van der Waals surface area contributed by atoms with Gasteiger partial charge in [-0.1, -0.05) is 0 Å². The Kier molecular flexibility index (Phi) is 3.97. The second-order valence-corrected chi connectivity index (χ2v) is 5.15. The zero-order valence-electron chi connectivity index (χ0n) is 11.8. The second-order valence-electron chi connectivity index (χ2n) is 5.15. The molecule has 3 rings (SSSR count). The summed E-state index contributed by atoms with van der Waals surface area (Å²) in [6.45, 7) is 0.682. The quantitative estimate of drug-likeness (QED) is 0.702. The Hall–Kier alpha value is -2.20. The van der Waals surface area contributed by atoms with E-state index in [0.717, 1.165) is 47.0 Å². The van der Waals surface area contributed by atoms with Crippen LogP contribution in [0, 0.1) is 5.82 Å². The molecule has 2 aromatic heterocycles. The maximum absolute atomic E-state index is 13.6. The van der Waals surface area contributed by atoms with Crippen LogP contribution >= 0.6 is 0 Å². The summed E-state index contributed by atoms with van der Waals surface area (Å²) < 4.78 is 13.6. The molecule has 4 heteroatoms. The number of halogens is 1. The minimum Gasteiger partial charge on any atom is -0.354 e. The van der Waals surface area contributed by atoms with Crippen LogP contribution in [-0.4, -0.2) is 16.5 Å². The van der Waals surface area contributed by atoms with Crippen LogP contribution in [0.3, 0.4) is 0 Å². The molecule has 0 saturated carbocycles. The van der Waals surface area contributed by atoms with Crippen LogP contribution in [0.4, 0.5) is 4.39 Å². The van der Waals surface area contributed by atoms with Gasteiger partial charge < -0.3 is 10.7 Å². The summed E-state index contributed by atoms with van der Waals surface area (Å²) >= 11 is 0. The predicted octanol–water partition coefficient (Wildman–Crippen LogP) is 3.65. The van der Waals surface area contributed by atoms with E-state index < -0.39 is 0 Å². The van der Waals surface area contributed by atoms with Crippen LogP contribution in [0.5, 0.6) is 0 Å². The Morgan fingerprint density at radius 2 is 1.90 bits per heavy atom. The van der Waals surface area contributed by atoms with E-state index in [9.17, 15) is 4.39 Å². The summed E-state index contributed by atoms with van der Waals surface area (Å²) in [6.07, 6.45) is 6.39. The minimum absolute atomic E-state index is 0.206. The molecule has 0 fully saturated rings. The van der Waals surface area contributed by atoms with Crippen molar-refractivity contribution in [3.8, 4) is 11.3 Å². The van der Waals surface area contributed by atoms with E-state index in [2.05, 4.69) is 9.97 Å². The van der Waals surface area contributed by atoms with Gasteiger partial charge in [0.1, 0.15) is 5.82 Å². The molecule has 0 atom stereocenters. The fourth-order valence-electron chi connectivity index (χ4n) is 2.69. The predicted molar refractivity (Wildman–Crippen MR) is 83.5 cm³/mol. The summed E-state index contributed by atoms with van der Waals surface area (Å²) in [6, 6.07) is 8.82. The van der Waals surface area contributed by atoms with Gasteiger partial charge in [0, 0.05) is 34.6 Å². The van der Waals surface area contributed by atoms with E-state index in [0.29, 0.717) is 6.54 Å². The number of aromatic nitrogens is 2. The van der Waals surface area contributed by atoms with Crippen molar-refractivity contribution in [3.63, 3.8) is 0 Å². The molecule has 0 saturated heterocycles. The SMILES string of the molecule is NCCCCc1c(-c2ccncc2)[nH]c2ccc(F)cc12. The van der Waals surface area contributed by atoms with Gasteiger partial charge in [0.2, 0.25) is 0 Å². The fourth-order valence-corrected chi connectivity index (χ4v) is 2.69. The molecule has 3 nitrogen and oxygen atoms in total. The van der Waals surface area contributed by atoms with E-state index in [1.165, 1.54) is 6.07 Å². The molecule has 3 N–H and O–H groups in total. The van der Waals surface area contributed by atoms with Crippen molar-refractivity contribution < 1.29 is 4.39 Å². The molecule has 0 aliphatic rings. The molecule has 0 aliphatic carbocycles. The summed E-state index contributed by atoms with van der Waals surface area (Å²) in [7, 11) is 0. The Bertz CT molecular complexity index is 734. The van der Waals surface area contributed by atoms with Gasteiger partial charge in [-0.05, 0) is 61.7 Å². The first-order chi connectivity index (χ1) is 10.3. The smallest absolute Gasteiger partial charge is 0.123 e. The van der Waals surface area contributed by atoms with E-state index in [1.807, 2.05) is 12.1 Å². The van der Waals surface area contributed by atoms with Crippen LogP contribution in [0.2, 0.25) is 0 Å². The van der Waals surface area contributed by atoms with Gasteiger partial charge in [0.05, 0.1) is 0 Å². The van der Waals surface area contributed by atoms with E-state index >= 15 is 0 Å². The Balaban J connectivity index is 2.11. The first-order valence-electron chi connectivity index (χ1n) is 7.20. The maximum atomic E-state index is 13.6. The summed E-state index contributed by atoms with van der Waals surface area (Å²) in [5, 5.41) is 0.957. The lowest BCUT2D eigenvalue weighted by molar-refractivity contribution is 0.629. The lowest BCUT2D eigenvalue weighted by Crippen LogP contribution is -1.99. The lowest BCUT2D eigenvalue weighted by Gasteiger charge is -2.05. The fraction of sp³-hybridized carbons (Fsp3) is 0.235. The van der Waals surface area contributed by atoms with E-state index in [1.54, 1.807) is 24.5 Å². The third-order valence-corrected chi connectivity index (χ3v) is 3.72. The molecule has 3 aromatic rings. The molecular formula is C17H18FN3. The normalized spacial score (nSPS) is 11.1. The Morgan fingerprint density at radius 1 is 1.10 bits per heavy atom. The first-order valence-corrected chi connectivity index (χ1v) is 7.20. The molecule has 0 bridgehead atoms. The Morgan fingerprint density at radius 3 is 2.67 bits per heavy atom. The number of aromatic amines is 1. The van der Waals surface area contributed by atoms with Gasteiger partial charge in [0.15, 0.2) is 0 Å². The minimum atomic E-state index is -0.206. The monoisotopic (exact) mass is 283 g/mol. The zero-order valence-corrected chi connectivity index (χ0v) is 11.8. The number of unbranched alkanes of at least 4 members (excludes halogenated alkanes) is 1. The summed E-state index contributed by atoms with van der Waals surface area (Å²) in [5.74, 6) is -0.206. The lowest BCUT2D eigenvalue weighted by atomic mass is 10.0. The third kappa shape index (κ3) is 2.81. The molecule has 21 heavy (non-hydrogen) atoms. The van der Waals surface area contributed by atoms with Crippen LogP contribution in [0.25, 0.3) is 22.2 Å². The van der Waals surface area contributed by atoms with Crippen LogP contribution in [-0.2, 0) is 6.42 Å². The number of H-pyrrole nitrogens is 1. The number of nitrogens with zero attached hydrogens (tertiary/aromatic N) is 1. The average molecular weight is 283 g/mol. The standard InChI is InChI=1S/C17H18FN3/c18-13-4-5-16-15(11-13)14(3-1-2-8-19)17(21-16)12-6-9-20-10-7-12/h4-7,9-11,21H,1-3,8,19H2. The molecular weight excluding hydrogens is 265 g/mol. The number of nitrogens with one attached hydrogen (secondary N) is 1. The van der Waals surface area contributed by atoms with Gasteiger partial charge in [-0.25, -0.2) is 4.39 Å². The number of nitrogens with two attached hydrogens (primary N) is 1. The summed E-state index contributed by atoms with van der Waals surface area (Å²) in [4.78, 5) is 7.46. The molecule has 2 heterocycles. The van der Waals surface area contributed by atoms with Gasteiger partial charge in [-0.3, -0.25) is 4.98 Å².